The second-order valence-corrected chi connectivity index (χ2v) is 9.40. The first-order valence-corrected chi connectivity index (χ1v) is 12.9. The molecule has 1 aliphatic rings. The van der Waals surface area contributed by atoms with Gasteiger partial charge < -0.3 is 15.3 Å². The highest BCUT2D eigenvalue weighted by molar-refractivity contribution is 7.13. The number of nitrogens with one attached hydrogen (secondary N) is 3. The summed E-state index contributed by atoms with van der Waals surface area (Å²) in [6, 6.07) is 0.492. The fraction of sp³-hybridized carbons (Fsp3) is 0.481. The predicted molar refractivity (Wildman–Crippen MR) is 145 cm³/mol. The van der Waals surface area contributed by atoms with Gasteiger partial charge >= 0.3 is 0 Å². The van der Waals surface area contributed by atoms with Crippen molar-refractivity contribution in [2.24, 2.45) is 5.92 Å². The zero-order valence-electron chi connectivity index (χ0n) is 21.4. The number of allylic oxidation sites excluding steroid dienone is 6. The van der Waals surface area contributed by atoms with E-state index in [4.69, 9.17) is 0 Å². The van der Waals surface area contributed by atoms with Crippen molar-refractivity contribution in [1.82, 2.24) is 29.9 Å². The Morgan fingerprint density at radius 1 is 1.06 bits per heavy atom. The fourth-order valence-corrected chi connectivity index (χ4v) is 4.60. The molecule has 4 unspecified atom stereocenters. The molecule has 182 valence electrons. The minimum Gasteiger partial charge on any atom is -0.341 e. The molecule has 2 aromatic rings. The standard InChI is InChI=1S/C27H39N6P/c1-7-23(28-9-3)26-30-17-24(32-26)22-14-12-20(15-18(5)19(22)6)11-13-21-16-29-27(31-21)25(8-2)33(34)10-4/h12,14-17,19,23,25,28H,7-10,34H2,1-6H3,(H,29,31)(H,30,32). The van der Waals surface area contributed by atoms with Crippen LogP contribution < -0.4 is 5.32 Å². The summed E-state index contributed by atoms with van der Waals surface area (Å²) in [6.45, 7) is 14.9. The number of hydrogen-bond acceptors (Lipinski definition) is 4. The van der Waals surface area contributed by atoms with Crippen molar-refractivity contribution in [3.05, 3.63) is 64.8 Å². The second-order valence-electron chi connectivity index (χ2n) is 8.74. The molecule has 2 aromatic heterocycles. The molecular formula is C27H39N6P. The van der Waals surface area contributed by atoms with Crippen LogP contribution in [0, 0.1) is 17.8 Å². The predicted octanol–water partition coefficient (Wildman–Crippen LogP) is 5.71. The average molecular weight is 479 g/mol. The zero-order chi connectivity index (χ0) is 24.7. The molecule has 0 amide bonds. The van der Waals surface area contributed by atoms with Gasteiger partial charge in [0, 0.05) is 11.5 Å². The van der Waals surface area contributed by atoms with Crippen LogP contribution in [0.5, 0.6) is 0 Å². The Balaban J connectivity index is 1.84. The lowest BCUT2D eigenvalue weighted by molar-refractivity contribution is 0.351. The van der Waals surface area contributed by atoms with Crippen LogP contribution in [0.3, 0.4) is 0 Å². The van der Waals surface area contributed by atoms with Crippen molar-refractivity contribution in [1.29, 1.82) is 0 Å². The quantitative estimate of drug-likeness (QED) is 0.319. The van der Waals surface area contributed by atoms with Crippen molar-refractivity contribution in [2.75, 3.05) is 13.1 Å². The number of hydrogen-bond donors (Lipinski definition) is 3. The molecule has 0 aromatic carbocycles. The molecule has 0 bridgehead atoms. The molecule has 0 saturated carbocycles. The van der Waals surface area contributed by atoms with E-state index in [1.807, 2.05) is 12.4 Å². The summed E-state index contributed by atoms with van der Waals surface area (Å²) in [5, 5.41) is 3.49. The molecule has 7 heteroatoms. The molecule has 3 N–H and O–H groups in total. The molecular weight excluding hydrogens is 439 g/mol. The van der Waals surface area contributed by atoms with Gasteiger partial charge in [0.15, 0.2) is 0 Å². The lowest BCUT2D eigenvalue weighted by Crippen LogP contribution is -2.21. The highest BCUT2D eigenvalue weighted by atomic mass is 31.0. The molecule has 1 aliphatic carbocycles. The summed E-state index contributed by atoms with van der Waals surface area (Å²) in [7, 11) is 2.79. The Kier molecular flexibility index (Phi) is 9.47. The maximum atomic E-state index is 4.67. The van der Waals surface area contributed by atoms with Crippen LogP contribution in [0.1, 0.15) is 89.5 Å². The first kappa shape index (κ1) is 26.2. The van der Waals surface area contributed by atoms with Crippen molar-refractivity contribution < 1.29 is 0 Å². The molecule has 0 aliphatic heterocycles. The normalized spacial score (nSPS) is 17.9. The monoisotopic (exact) mass is 478 g/mol. The van der Waals surface area contributed by atoms with E-state index in [-0.39, 0.29) is 18.0 Å². The lowest BCUT2D eigenvalue weighted by Gasteiger charge is -2.23. The van der Waals surface area contributed by atoms with E-state index in [1.54, 1.807) is 0 Å². The minimum atomic E-state index is 0.246. The number of H-pyrrole nitrogens is 2. The summed E-state index contributed by atoms with van der Waals surface area (Å²) in [4.78, 5) is 16.2. The summed E-state index contributed by atoms with van der Waals surface area (Å²) < 4.78 is 2.21. The number of imidazole rings is 2. The van der Waals surface area contributed by atoms with Gasteiger partial charge in [-0.25, -0.2) is 9.97 Å². The highest BCUT2D eigenvalue weighted by Gasteiger charge is 2.19. The van der Waals surface area contributed by atoms with E-state index >= 15 is 0 Å². The molecule has 0 saturated heterocycles. The van der Waals surface area contributed by atoms with Crippen LogP contribution in [-0.2, 0) is 0 Å². The van der Waals surface area contributed by atoms with Crippen molar-refractivity contribution in [3.63, 3.8) is 0 Å². The third-order valence-electron chi connectivity index (χ3n) is 6.48. The Labute approximate surface area is 207 Å². The number of aromatic nitrogens is 4. The molecule has 0 radical (unpaired) electrons. The van der Waals surface area contributed by atoms with Gasteiger partial charge in [-0.2, -0.15) is 0 Å². The van der Waals surface area contributed by atoms with Crippen molar-refractivity contribution in [3.8, 4) is 11.8 Å². The van der Waals surface area contributed by atoms with Gasteiger partial charge in [-0.15, -0.1) is 0 Å². The van der Waals surface area contributed by atoms with Crippen LogP contribution in [0.15, 0.2) is 41.8 Å². The van der Waals surface area contributed by atoms with Crippen LogP contribution in [0.25, 0.3) is 5.57 Å². The molecule has 4 atom stereocenters. The van der Waals surface area contributed by atoms with Gasteiger partial charge in [-0.1, -0.05) is 61.6 Å². The number of aromatic amines is 2. The summed E-state index contributed by atoms with van der Waals surface area (Å²) in [5.41, 5.74) is 5.40. The number of nitrogens with zero attached hydrogens (tertiary/aromatic N) is 3. The Bertz CT molecular complexity index is 1110. The van der Waals surface area contributed by atoms with E-state index in [0.717, 1.165) is 54.5 Å². The second kappa shape index (κ2) is 12.3. The van der Waals surface area contributed by atoms with Crippen molar-refractivity contribution >= 4 is 15.0 Å². The Hall–Kier alpha value is -2.45. The zero-order valence-corrected chi connectivity index (χ0v) is 22.5. The summed E-state index contributed by atoms with van der Waals surface area (Å²) in [6.07, 6.45) is 12.2. The van der Waals surface area contributed by atoms with Gasteiger partial charge in [-0.3, -0.25) is 4.67 Å². The third kappa shape index (κ3) is 6.16. The van der Waals surface area contributed by atoms with Crippen LogP contribution in [-0.4, -0.2) is 37.7 Å². The van der Waals surface area contributed by atoms with Crippen LogP contribution in [0.4, 0.5) is 0 Å². The first-order chi connectivity index (χ1) is 16.4. The molecule has 2 heterocycles. The average Bonchev–Trinajstić information content (AvgIpc) is 3.48. The van der Waals surface area contributed by atoms with E-state index < -0.39 is 0 Å². The lowest BCUT2D eigenvalue weighted by atomic mass is 9.92. The molecule has 3 rings (SSSR count). The van der Waals surface area contributed by atoms with Gasteiger partial charge in [0.1, 0.15) is 17.3 Å². The largest absolute Gasteiger partial charge is 0.341 e. The highest BCUT2D eigenvalue weighted by Crippen LogP contribution is 2.31. The minimum absolute atomic E-state index is 0.246. The molecule has 6 nitrogen and oxygen atoms in total. The van der Waals surface area contributed by atoms with Gasteiger partial charge in [-0.05, 0) is 56.5 Å². The number of rotatable bonds is 9. The van der Waals surface area contributed by atoms with E-state index in [9.17, 15) is 0 Å². The SMILES string of the molecule is CCNC(CC)c1ncc(C2=CC=C(C#Cc3cnc(C(CC)N(P)CC)[nH]3)C=C(C)C2C)[nH]1. The van der Waals surface area contributed by atoms with E-state index in [0.29, 0.717) is 0 Å². The summed E-state index contributed by atoms with van der Waals surface area (Å²) >= 11 is 0. The van der Waals surface area contributed by atoms with Crippen LogP contribution in [0.2, 0.25) is 0 Å². The van der Waals surface area contributed by atoms with Crippen LogP contribution >= 0.6 is 9.39 Å². The van der Waals surface area contributed by atoms with E-state index in [1.165, 1.54) is 11.1 Å². The third-order valence-corrected chi connectivity index (χ3v) is 7.20. The van der Waals surface area contributed by atoms with Gasteiger partial charge in [0.2, 0.25) is 0 Å². The topological polar surface area (TPSA) is 72.6 Å². The first-order valence-electron chi connectivity index (χ1n) is 12.4. The maximum absolute atomic E-state index is 4.67. The maximum Gasteiger partial charge on any atom is 0.124 e. The van der Waals surface area contributed by atoms with Gasteiger partial charge in [0.25, 0.3) is 0 Å². The molecule has 0 fully saturated rings. The van der Waals surface area contributed by atoms with Gasteiger partial charge in [0.05, 0.1) is 30.2 Å². The van der Waals surface area contributed by atoms with E-state index in [2.05, 4.69) is 111 Å². The molecule has 34 heavy (non-hydrogen) atoms. The fourth-order valence-electron chi connectivity index (χ4n) is 4.24. The molecule has 0 spiro atoms. The smallest absolute Gasteiger partial charge is 0.124 e. The van der Waals surface area contributed by atoms with Crippen molar-refractivity contribution in [2.45, 2.75) is 66.5 Å². The summed E-state index contributed by atoms with van der Waals surface area (Å²) in [5.74, 6) is 8.82. The Morgan fingerprint density at radius 3 is 2.50 bits per heavy atom. The Morgan fingerprint density at radius 2 is 1.82 bits per heavy atom.